The fourth-order valence-electron chi connectivity index (χ4n) is 1.94. The molecule has 1 rings (SSSR count). The minimum atomic E-state index is 0.354. The zero-order valence-electron chi connectivity index (χ0n) is 10.5. The van der Waals surface area contributed by atoms with Crippen LogP contribution < -0.4 is 5.32 Å². The summed E-state index contributed by atoms with van der Waals surface area (Å²) in [4.78, 5) is 2.48. The molecule has 3 nitrogen and oxygen atoms in total. The Bertz CT molecular complexity index is 178. The highest BCUT2D eigenvalue weighted by Crippen LogP contribution is 2.07. The van der Waals surface area contributed by atoms with Crippen LogP contribution in [-0.2, 0) is 4.74 Å². The first-order valence-corrected chi connectivity index (χ1v) is 6.90. The lowest BCUT2D eigenvalue weighted by Gasteiger charge is -2.35. The van der Waals surface area contributed by atoms with Crippen molar-refractivity contribution in [3.63, 3.8) is 0 Å². The molecule has 0 radical (unpaired) electrons. The number of nitrogens with zero attached hydrogens (tertiary/aromatic N) is 1. The van der Waals surface area contributed by atoms with Crippen LogP contribution in [0, 0.1) is 0 Å². The zero-order chi connectivity index (χ0) is 11.8. The number of unbranched alkanes of at least 4 members (excludes halogenated alkanes) is 1. The van der Waals surface area contributed by atoms with E-state index in [9.17, 15) is 0 Å². The molecule has 4 heteroatoms. The smallest absolute Gasteiger partial charge is 0.0826 e. The number of hydrogen-bond donors (Lipinski definition) is 1. The van der Waals surface area contributed by atoms with E-state index >= 15 is 0 Å². The molecule has 0 saturated carbocycles. The molecule has 0 aliphatic carbocycles. The van der Waals surface area contributed by atoms with Crippen molar-refractivity contribution in [2.24, 2.45) is 0 Å². The van der Waals surface area contributed by atoms with E-state index in [4.69, 9.17) is 16.3 Å². The van der Waals surface area contributed by atoms with E-state index in [0.717, 1.165) is 51.5 Å². The average Bonchev–Trinajstić information content (AvgIpc) is 2.29. The molecule has 0 bridgehead atoms. The molecule has 0 amide bonds. The zero-order valence-corrected chi connectivity index (χ0v) is 11.3. The Kier molecular flexibility index (Phi) is 7.37. The molecule has 1 atom stereocenters. The second-order valence-corrected chi connectivity index (χ2v) is 5.06. The van der Waals surface area contributed by atoms with Crippen LogP contribution >= 0.6 is 11.6 Å². The molecule has 1 aliphatic rings. The van der Waals surface area contributed by atoms with Gasteiger partial charge in [0.15, 0.2) is 0 Å². The second kappa shape index (κ2) is 8.29. The fourth-order valence-corrected chi connectivity index (χ4v) is 2.13. The van der Waals surface area contributed by atoms with Crippen LogP contribution in [-0.4, -0.2) is 55.7 Å². The average molecular weight is 249 g/mol. The highest BCUT2D eigenvalue weighted by atomic mass is 35.5. The van der Waals surface area contributed by atoms with Gasteiger partial charge in [0.1, 0.15) is 0 Å². The van der Waals surface area contributed by atoms with Crippen LogP contribution in [0.25, 0.3) is 0 Å². The Morgan fingerprint density at radius 2 is 2.25 bits per heavy atom. The molecule has 1 N–H and O–H groups in total. The maximum absolute atomic E-state index is 5.73. The van der Waals surface area contributed by atoms with E-state index in [1.54, 1.807) is 0 Å². The first-order valence-electron chi connectivity index (χ1n) is 6.36. The van der Waals surface area contributed by atoms with Crippen LogP contribution in [0.2, 0.25) is 0 Å². The molecule has 96 valence electrons. The van der Waals surface area contributed by atoms with Crippen molar-refractivity contribution in [2.75, 3.05) is 38.7 Å². The summed E-state index contributed by atoms with van der Waals surface area (Å²) in [5.41, 5.74) is 0. The van der Waals surface area contributed by atoms with Crippen molar-refractivity contribution >= 4 is 11.6 Å². The van der Waals surface area contributed by atoms with E-state index in [0.29, 0.717) is 12.1 Å². The van der Waals surface area contributed by atoms with Gasteiger partial charge in [0.2, 0.25) is 0 Å². The summed E-state index contributed by atoms with van der Waals surface area (Å²) in [5, 5.41) is 3.44. The van der Waals surface area contributed by atoms with Crippen LogP contribution in [0.1, 0.15) is 26.7 Å². The van der Waals surface area contributed by atoms with Crippen LogP contribution in [0.3, 0.4) is 0 Å². The van der Waals surface area contributed by atoms with E-state index < -0.39 is 0 Å². The predicted octanol–water partition coefficient (Wildman–Crippen LogP) is 1.70. The van der Waals surface area contributed by atoms with Gasteiger partial charge in [-0.1, -0.05) is 0 Å². The topological polar surface area (TPSA) is 24.5 Å². The summed E-state index contributed by atoms with van der Waals surface area (Å²) in [6, 6.07) is 0.627. The molecule has 1 aliphatic heterocycles. The Labute approximate surface area is 104 Å². The van der Waals surface area contributed by atoms with E-state index in [-0.39, 0.29) is 0 Å². The highest BCUT2D eigenvalue weighted by molar-refractivity contribution is 6.17. The molecule has 0 aromatic heterocycles. The van der Waals surface area contributed by atoms with E-state index in [1.165, 1.54) is 0 Å². The van der Waals surface area contributed by atoms with Crippen molar-refractivity contribution in [1.29, 1.82) is 0 Å². The largest absolute Gasteiger partial charge is 0.374 e. The summed E-state index contributed by atoms with van der Waals surface area (Å²) < 4.78 is 5.73. The SMILES string of the molecule is CC(C)N1CCOC(CNCCCCCl)C1. The van der Waals surface area contributed by atoms with Crippen LogP contribution in [0.5, 0.6) is 0 Å². The summed E-state index contributed by atoms with van der Waals surface area (Å²) in [6.07, 6.45) is 2.61. The summed E-state index contributed by atoms with van der Waals surface area (Å²) in [5.74, 6) is 0.767. The number of rotatable bonds is 7. The van der Waals surface area contributed by atoms with Gasteiger partial charge in [-0.15, -0.1) is 11.6 Å². The first kappa shape index (κ1) is 14.2. The van der Waals surface area contributed by atoms with Gasteiger partial charge in [-0.05, 0) is 33.2 Å². The molecular weight excluding hydrogens is 224 g/mol. The Morgan fingerprint density at radius 3 is 2.94 bits per heavy atom. The lowest BCUT2D eigenvalue weighted by Crippen LogP contribution is -2.49. The molecule has 0 spiro atoms. The van der Waals surface area contributed by atoms with Gasteiger partial charge in [-0.3, -0.25) is 4.90 Å². The molecule has 0 aromatic carbocycles. The number of ether oxygens (including phenoxy) is 1. The molecule has 1 saturated heterocycles. The third-order valence-corrected chi connectivity index (χ3v) is 3.28. The highest BCUT2D eigenvalue weighted by Gasteiger charge is 2.21. The standard InChI is InChI=1S/C12H25ClN2O/c1-11(2)15-7-8-16-12(10-15)9-14-6-4-3-5-13/h11-12,14H,3-10H2,1-2H3. The third-order valence-electron chi connectivity index (χ3n) is 3.01. The van der Waals surface area contributed by atoms with Gasteiger partial charge in [-0.25, -0.2) is 0 Å². The molecule has 1 heterocycles. The number of alkyl halides is 1. The third kappa shape index (κ3) is 5.48. The van der Waals surface area contributed by atoms with E-state index in [2.05, 4.69) is 24.1 Å². The van der Waals surface area contributed by atoms with E-state index in [1.807, 2.05) is 0 Å². The molecule has 1 unspecified atom stereocenters. The predicted molar refractivity (Wildman–Crippen MR) is 69.3 cm³/mol. The summed E-state index contributed by atoms with van der Waals surface area (Å²) in [6.45, 7) is 9.50. The number of halogens is 1. The van der Waals surface area contributed by atoms with Crippen molar-refractivity contribution in [1.82, 2.24) is 10.2 Å². The van der Waals surface area contributed by atoms with Crippen molar-refractivity contribution in [3.05, 3.63) is 0 Å². The Balaban J connectivity index is 2.07. The number of hydrogen-bond acceptors (Lipinski definition) is 3. The number of morpholine rings is 1. The molecule has 0 aromatic rings. The Hall–Kier alpha value is 0.170. The van der Waals surface area contributed by atoms with Gasteiger partial charge < -0.3 is 10.1 Å². The maximum atomic E-state index is 5.73. The maximum Gasteiger partial charge on any atom is 0.0826 e. The first-order chi connectivity index (χ1) is 7.74. The number of nitrogens with one attached hydrogen (secondary N) is 1. The van der Waals surface area contributed by atoms with Gasteiger partial charge >= 0.3 is 0 Å². The van der Waals surface area contributed by atoms with Crippen molar-refractivity contribution in [2.45, 2.75) is 38.8 Å². The summed E-state index contributed by atoms with van der Waals surface area (Å²) >= 11 is 5.62. The lowest BCUT2D eigenvalue weighted by atomic mass is 10.2. The van der Waals surface area contributed by atoms with Crippen LogP contribution in [0.15, 0.2) is 0 Å². The fraction of sp³-hybridized carbons (Fsp3) is 1.00. The van der Waals surface area contributed by atoms with Crippen LogP contribution in [0.4, 0.5) is 0 Å². The van der Waals surface area contributed by atoms with Gasteiger partial charge in [0.05, 0.1) is 12.7 Å². The monoisotopic (exact) mass is 248 g/mol. The molecular formula is C12H25ClN2O. The normalized spacial score (nSPS) is 22.9. The van der Waals surface area contributed by atoms with Crippen molar-refractivity contribution < 1.29 is 4.74 Å². The van der Waals surface area contributed by atoms with Gasteiger partial charge in [-0.2, -0.15) is 0 Å². The second-order valence-electron chi connectivity index (χ2n) is 4.68. The Morgan fingerprint density at radius 1 is 1.44 bits per heavy atom. The quantitative estimate of drug-likeness (QED) is 0.548. The van der Waals surface area contributed by atoms with Gasteiger partial charge in [0.25, 0.3) is 0 Å². The lowest BCUT2D eigenvalue weighted by molar-refractivity contribution is -0.0370. The summed E-state index contributed by atoms with van der Waals surface area (Å²) in [7, 11) is 0. The van der Waals surface area contributed by atoms with Crippen molar-refractivity contribution in [3.8, 4) is 0 Å². The molecule has 1 fully saturated rings. The minimum absolute atomic E-state index is 0.354. The van der Waals surface area contributed by atoms with Gasteiger partial charge in [0, 0.05) is 31.6 Å². The molecule has 16 heavy (non-hydrogen) atoms. The minimum Gasteiger partial charge on any atom is -0.374 e.